The van der Waals surface area contributed by atoms with E-state index in [1.54, 1.807) is 0 Å². The van der Waals surface area contributed by atoms with Crippen molar-refractivity contribution < 1.29 is 14.0 Å². The zero-order valence-electron chi connectivity index (χ0n) is 10.1. The molecule has 0 aliphatic carbocycles. The molecule has 2 fully saturated rings. The fourth-order valence-electron chi connectivity index (χ4n) is 2.08. The maximum absolute atomic E-state index is 5.62. The predicted octanol–water partition coefficient (Wildman–Crippen LogP) is 0.405. The Labute approximate surface area is 110 Å². The monoisotopic (exact) mass is 271 g/mol. The van der Waals surface area contributed by atoms with Crippen LogP contribution >= 0.6 is 11.8 Å². The third kappa shape index (κ3) is 3.03. The molecule has 0 radical (unpaired) electrons. The molecule has 0 aromatic carbocycles. The third-order valence-corrected chi connectivity index (χ3v) is 4.00. The van der Waals surface area contributed by atoms with Gasteiger partial charge in [-0.1, -0.05) is 5.16 Å². The second-order valence-electron chi connectivity index (χ2n) is 4.41. The molecule has 18 heavy (non-hydrogen) atoms. The highest BCUT2D eigenvalue weighted by Gasteiger charge is 2.23. The van der Waals surface area contributed by atoms with Gasteiger partial charge in [0.2, 0.25) is 11.7 Å². The number of nitrogens with one attached hydrogen (secondary N) is 1. The molecule has 1 aromatic heterocycles. The zero-order valence-corrected chi connectivity index (χ0v) is 10.9. The van der Waals surface area contributed by atoms with Gasteiger partial charge < -0.3 is 19.3 Å². The van der Waals surface area contributed by atoms with E-state index >= 15 is 0 Å². The summed E-state index contributed by atoms with van der Waals surface area (Å²) in [5.74, 6) is 3.29. The van der Waals surface area contributed by atoms with Gasteiger partial charge in [-0.25, -0.2) is 0 Å². The molecule has 0 spiro atoms. The number of nitrogens with zero attached hydrogens (tertiary/aromatic N) is 2. The van der Waals surface area contributed by atoms with Gasteiger partial charge in [0.05, 0.1) is 19.8 Å². The molecule has 1 N–H and O–H groups in total. The van der Waals surface area contributed by atoms with Crippen LogP contribution in [0.4, 0.5) is 0 Å². The summed E-state index contributed by atoms with van der Waals surface area (Å²) >= 11 is 1.86. The molecule has 3 heterocycles. The Morgan fingerprint density at radius 1 is 1.39 bits per heavy atom. The first-order valence-corrected chi connectivity index (χ1v) is 7.40. The van der Waals surface area contributed by atoms with Crippen LogP contribution in [-0.4, -0.2) is 54.1 Å². The number of hydrogen-bond acceptors (Lipinski definition) is 7. The minimum Gasteiger partial charge on any atom is -0.378 e. The van der Waals surface area contributed by atoms with Crippen molar-refractivity contribution in [2.75, 3.05) is 37.9 Å². The summed E-state index contributed by atoms with van der Waals surface area (Å²) in [6, 6.07) is 0.272. The average Bonchev–Trinajstić information content (AvgIpc) is 2.89. The van der Waals surface area contributed by atoms with Crippen molar-refractivity contribution in [1.29, 1.82) is 0 Å². The third-order valence-electron chi connectivity index (χ3n) is 3.01. The number of thioether (sulfide) groups is 1. The lowest BCUT2D eigenvalue weighted by atomic mass is 10.2. The smallest absolute Gasteiger partial charge is 0.228 e. The molecule has 7 heteroatoms. The summed E-state index contributed by atoms with van der Waals surface area (Å²) in [5, 5.41) is 7.38. The van der Waals surface area contributed by atoms with Gasteiger partial charge in [0.15, 0.2) is 0 Å². The van der Waals surface area contributed by atoms with Gasteiger partial charge in [-0.2, -0.15) is 16.7 Å². The molecule has 2 atom stereocenters. The maximum Gasteiger partial charge on any atom is 0.228 e. The molecule has 2 aliphatic rings. The molecule has 2 saturated heterocycles. The van der Waals surface area contributed by atoms with E-state index in [0.29, 0.717) is 24.7 Å². The summed E-state index contributed by atoms with van der Waals surface area (Å²) in [6.45, 7) is 3.12. The Kier molecular flexibility index (Phi) is 4.14. The van der Waals surface area contributed by atoms with Crippen molar-refractivity contribution in [1.82, 2.24) is 15.5 Å². The first-order chi connectivity index (χ1) is 8.92. The highest BCUT2D eigenvalue weighted by Crippen LogP contribution is 2.24. The number of hydrogen-bond donors (Lipinski definition) is 1. The van der Waals surface area contributed by atoms with Crippen LogP contribution in [0.1, 0.15) is 17.8 Å². The van der Waals surface area contributed by atoms with Crippen LogP contribution in [0.2, 0.25) is 0 Å². The van der Waals surface area contributed by atoms with Gasteiger partial charge >= 0.3 is 0 Å². The highest BCUT2D eigenvalue weighted by atomic mass is 32.2. The molecule has 0 bridgehead atoms. The second kappa shape index (κ2) is 6.01. The minimum absolute atomic E-state index is 0.0168. The van der Waals surface area contributed by atoms with Crippen molar-refractivity contribution >= 4 is 11.8 Å². The van der Waals surface area contributed by atoms with E-state index in [0.717, 1.165) is 31.3 Å². The summed E-state index contributed by atoms with van der Waals surface area (Å²) in [5.41, 5.74) is 0. The van der Waals surface area contributed by atoms with E-state index in [2.05, 4.69) is 15.5 Å². The second-order valence-corrected chi connectivity index (χ2v) is 5.56. The van der Waals surface area contributed by atoms with Crippen molar-refractivity contribution in [3.8, 4) is 0 Å². The Hall–Kier alpha value is -0.630. The van der Waals surface area contributed by atoms with E-state index in [-0.39, 0.29) is 12.1 Å². The van der Waals surface area contributed by atoms with Crippen LogP contribution in [0.5, 0.6) is 0 Å². The number of morpholine rings is 1. The largest absolute Gasteiger partial charge is 0.378 e. The van der Waals surface area contributed by atoms with Crippen LogP contribution in [0.3, 0.4) is 0 Å². The number of rotatable bonds is 3. The SMILES string of the molecule is C1COCC(Cc2nc(C3CSCCO3)no2)N1. The summed E-state index contributed by atoms with van der Waals surface area (Å²) in [6.07, 6.45) is 0.698. The molecule has 2 unspecified atom stereocenters. The molecule has 6 nitrogen and oxygen atoms in total. The van der Waals surface area contributed by atoms with Crippen LogP contribution in [0.15, 0.2) is 4.52 Å². The lowest BCUT2D eigenvalue weighted by molar-refractivity contribution is 0.0676. The van der Waals surface area contributed by atoms with E-state index < -0.39 is 0 Å². The van der Waals surface area contributed by atoms with E-state index in [4.69, 9.17) is 14.0 Å². The van der Waals surface area contributed by atoms with Gasteiger partial charge in [0, 0.05) is 30.5 Å². The summed E-state index contributed by atoms with van der Waals surface area (Å²) in [4.78, 5) is 4.42. The molecular formula is C11H17N3O3S. The molecular weight excluding hydrogens is 254 g/mol. The van der Waals surface area contributed by atoms with Crippen LogP contribution in [-0.2, 0) is 15.9 Å². The predicted molar refractivity (Wildman–Crippen MR) is 66.6 cm³/mol. The normalized spacial score (nSPS) is 29.3. The van der Waals surface area contributed by atoms with E-state index in [9.17, 15) is 0 Å². The lowest BCUT2D eigenvalue weighted by Gasteiger charge is -2.22. The minimum atomic E-state index is -0.0168. The Balaban J connectivity index is 1.58. The topological polar surface area (TPSA) is 69.4 Å². The van der Waals surface area contributed by atoms with E-state index in [1.807, 2.05) is 11.8 Å². The Morgan fingerprint density at radius 3 is 3.17 bits per heavy atom. The van der Waals surface area contributed by atoms with Crippen molar-refractivity contribution in [2.24, 2.45) is 0 Å². The van der Waals surface area contributed by atoms with Gasteiger partial charge in [0.25, 0.3) is 0 Å². The van der Waals surface area contributed by atoms with Gasteiger partial charge in [0.1, 0.15) is 6.10 Å². The van der Waals surface area contributed by atoms with Crippen molar-refractivity contribution in [3.05, 3.63) is 11.7 Å². The molecule has 3 rings (SSSR count). The van der Waals surface area contributed by atoms with Crippen molar-refractivity contribution in [3.63, 3.8) is 0 Å². The summed E-state index contributed by atoms with van der Waals surface area (Å²) in [7, 11) is 0. The Morgan fingerprint density at radius 2 is 2.39 bits per heavy atom. The standard InChI is InChI=1S/C11H17N3O3S/c1-2-15-6-8(12-1)5-10-13-11(14-17-10)9-7-18-4-3-16-9/h8-9,12H,1-7H2. The highest BCUT2D eigenvalue weighted by molar-refractivity contribution is 7.99. The fraction of sp³-hybridized carbons (Fsp3) is 0.818. The molecule has 2 aliphatic heterocycles. The fourth-order valence-corrected chi connectivity index (χ4v) is 2.92. The number of aromatic nitrogens is 2. The first-order valence-electron chi connectivity index (χ1n) is 6.25. The van der Waals surface area contributed by atoms with Gasteiger partial charge in [-0.3, -0.25) is 0 Å². The average molecular weight is 271 g/mol. The number of ether oxygens (including phenoxy) is 2. The lowest BCUT2D eigenvalue weighted by Crippen LogP contribution is -2.42. The zero-order chi connectivity index (χ0) is 12.2. The molecule has 1 aromatic rings. The first kappa shape index (κ1) is 12.4. The summed E-state index contributed by atoms with van der Waals surface area (Å²) < 4.78 is 16.3. The van der Waals surface area contributed by atoms with E-state index in [1.165, 1.54) is 0 Å². The maximum atomic E-state index is 5.62. The Bertz CT molecular complexity index is 375. The van der Waals surface area contributed by atoms with Crippen molar-refractivity contribution in [2.45, 2.75) is 18.6 Å². The van der Waals surface area contributed by atoms with Crippen LogP contribution < -0.4 is 5.32 Å². The van der Waals surface area contributed by atoms with Gasteiger partial charge in [-0.05, 0) is 0 Å². The molecule has 0 amide bonds. The molecule has 100 valence electrons. The van der Waals surface area contributed by atoms with Gasteiger partial charge in [-0.15, -0.1) is 0 Å². The van der Waals surface area contributed by atoms with Crippen LogP contribution in [0.25, 0.3) is 0 Å². The molecule has 0 saturated carbocycles. The van der Waals surface area contributed by atoms with Crippen LogP contribution in [0, 0.1) is 0 Å². The quantitative estimate of drug-likeness (QED) is 0.853.